The van der Waals surface area contributed by atoms with Gasteiger partial charge < -0.3 is 10.3 Å². The zero-order chi connectivity index (χ0) is 12.4. The third-order valence-electron chi connectivity index (χ3n) is 3.00. The molecule has 2 aromatic rings. The Morgan fingerprint density at radius 3 is 2.88 bits per heavy atom. The molecule has 17 heavy (non-hydrogen) atoms. The van der Waals surface area contributed by atoms with E-state index in [-0.39, 0.29) is 0 Å². The second-order valence-electron chi connectivity index (χ2n) is 4.06. The van der Waals surface area contributed by atoms with E-state index >= 15 is 0 Å². The highest BCUT2D eigenvalue weighted by Crippen LogP contribution is 2.28. The van der Waals surface area contributed by atoms with Crippen LogP contribution in [0.15, 0.2) is 24.5 Å². The van der Waals surface area contributed by atoms with Gasteiger partial charge in [-0.15, -0.1) is 6.42 Å². The zero-order valence-electron chi connectivity index (χ0n) is 10.1. The van der Waals surface area contributed by atoms with Gasteiger partial charge in [0.05, 0.1) is 12.9 Å². The van der Waals surface area contributed by atoms with Crippen molar-refractivity contribution in [2.24, 2.45) is 0 Å². The van der Waals surface area contributed by atoms with Crippen molar-refractivity contribution in [1.82, 2.24) is 9.55 Å². The van der Waals surface area contributed by atoms with Crippen molar-refractivity contribution in [2.75, 3.05) is 5.73 Å². The van der Waals surface area contributed by atoms with Crippen molar-refractivity contribution in [2.45, 2.75) is 20.4 Å². The van der Waals surface area contributed by atoms with E-state index < -0.39 is 0 Å². The van der Waals surface area contributed by atoms with Crippen LogP contribution >= 0.6 is 0 Å². The number of hydrogen-bond acceptors (Lipinski definition) is 2. The van der Waals surface area contributed by atoms with Gasteiger partial charge >= 0.3 is 0 Å². The van der Waals surface area contributed by atoms with Crippen LogP contribution in [0.5, 0.6) is 0 Å². The first-order valence-corrected chi connectivity index (χ1v) is 5.45. The first-order chi connectivity index (χ1) is 8.15. The molecule has 0 saturated carbocycles. The molecule has 0 radical (unpaired) electrons. The summed E-state index contributed by atoms with van der Waals surface area (Å²) in [5, 5.41) is 0. The minimum Gasteiger partial charge on any atom is -0.383 e. The van der Waals surface area contributed by atoms with Crippen LogP contribution < -0.4 is 5.73 Å². The summed E-state index contributed by atoms with van der Waals surface area (Å²) in [4.78, 5) is 4.35. The van der Waals surface area contributed by atoms with Gasteiger partial charge in [-0.2, -0.15) is 0 Å². The van der Waals surface area contributed by atoms with E-state index in [2.05, 4.69) is 30.8 Å². The quantitative estimate of drug-likeness (QED) is 0.797. The molecule has 2 N–H and O–H groups in total. The van der Waals surface area contributed by atoms with Crippen LogP contribution in [0.25, 0.3) is 11.3 Å². The fourth-order valence-electron chi connectivity index (χ4n) is 1.83. The van der Waals surface area contributed by atoms with Gasteiger partial charge in [0.1, 0.15) is 11.5 Å². The number of nitrogen functional groups attached to an aromatic ring is 1. The molecule has 0 atom stereocenters. The summed E-state index contributed by atoms with van der Waals surface area (Å²) >= 11 is 0. The molecule has 2 rings (SSSR count). The van der Waals surface area contributed by atoms with E-state index in [0.29, 0.717) is 12.4 Å². The summed E-state index contributed by atoms with van der Waals surface area (Å²) in [6.45, 7) is 4.60. The number of benzene rings is 1. The van der Waals surface area contributed by atoms with Gasteiger partial charge in [0.2, 0.25) is 0 Å². The van der Waals surface area contributed by atoms with Gasteiger partial charge in [0.25, 0.3) is 0 Å². The minimum absolute atomic E-state index is 0.448. The maximum atomic E-state index is 6.05. The fraction of sp³-hybridized carbons (Fsp3) is 0.214. The van der Waals surface area contributed by atoms with Gasteiger partial charge in [0.15, 0.2) is 0 Å². The molecule has 1 aromatic carbocycles. The summed E-state index contributed by atoms with van der Waals surface area (Å²) < 4.78 is 1.77. The van der Waals surface area contributed by atoms with Gasteiger partial charge in [-0.25, -0.2) is 4.98 Å². The highest BCUT2D eigenvalue weighted by Gasteiger charge is 2.12. The summed E-state index contributed by atoms with van der Waals surface area (Å²) in [6, 6.07) is 6.12. The molecule has 86 valence electrons. The van der Waals surface area contributed by atoms with Crippen LogP contribution in [0.3, 0.4) is 0 Å². The molecular weight excluding hydrogens is 210 g/mol. The molecule has 3 nitrogen and oxygen atoms in total. The normalized spacial score (nSPS) is 10.2. The van der Waals surface area contributed by atoms with Gasteiger partial charge in [-0.3, -0.25) is 0 Å². The number of terminal acetylenes is 1. The lowest BCUT2D eigenvalue weighted by Gasteiger charge is -2.07. The number of aryl methyl sites for hydroxylation is 1. The van der Waals surface area contributed by atoms with Gasteiger partial charge in [0, 0.05) is 5.56 Å². The Morgan fingerprint density at radius 2 is 2.18 bits per heavy atom. The zero-order valence-corrected chi connectivity index (χ0v) is 10.1. The molecule has 1 aromatic heterocycles. The number of imidazole rings is 1. The van der Waals surface area contributed by atoms with E-state index in [1.807, 2.05) is 12.1 Å². The number of aromatic nitrogens is 2. The molecule has 0 bridgehead atoms. The van der Waals surface area contributed by atoms with Crippen LogP contribution in [0.4, 0.5) is 5.82 Å². The predicted octanol–water partition coefficient (Wildman–Crippen LogP) is 2.38. The molecular formula is C14H15N3. The average Bonchev–Trinajstić information content (AvgIpc) is 2.66. The molecule has 0 aliphatic carbocycles. The summed E-state index contributed by atoms with van der Waals surface area (Å²) in [5.74, 6) is 3.18. The van der Waals surface area contributed by atoms with Crippen molar-refractivity contribution >= 4 is 5.82 Å². The molecule has 1 heterocycles. The standard InChI is InChI=1S/C14H15N3/c1-4-8-17-9-16-13(14(17)15)12-7-5-6-10(2)11(12)3/h1,5-7,9H,8,15H2,2-3H3. The topological polar surface area (TPSA) is 43.8 Å². The van der Waals surface area contributed by atoms with Crippen LogP contribution in [-0.2, 0) is 6.54 Å². The number of nitrogens with zero attached hydrogens (tertiary/aromatic N) is 2. The molecule has 0 unspecified atom stereocenters. The lowest BCUT2D eigenvalue weighted by molar-refractivity contribution is 0.852. The Labute approximate surface area is 101 Å². The summed E-state index contributed by atoms with van der Waals surface area (Å²) in [6.07, 6.45) is 6.96. The summed E-state index contributed by atoms with van der Waals surface area (Å²) in [5.41, 5.74) is 10.3. The third kappa shape index (κ3) is 1.90. The maximum absolute atomic E-state index is 6.05. The first-order valence-electron chi connectivity index (χ1n) is 5.45. The Bertz CT molecular complexity index is 588. The Kier molecular flexibility index (Phi) is 2.88. The summed E-state index contributed by atoms with van der Waals surface area (Å²) in [7, 11) is 0. The maximum Gasteiger partial charge on any atom is 0.132 e. The smallest absolute Gasteiger partial charge is 0.132 e. The Balaban J connectivity index is 2.55. The minimum atomic E-state index is 0.448. The van der Waals surface area contributed by atoms with Gasteiger partial charge in [-0.05, 0) is 25.0 Å². The molecule has 0 aliphatic rings. The van der Waals surface area contributed by atoms with Crippen molar-refractivity contribution in [3.8, 4) is 23.6 Å². The average molecular weight is 225 g/mol. The molecule has 0 amide bonds. The molecule has 0 saturated heterocycles. The SMILES string of the molecule is C#CCn1cnc(-c2cccc(C)c2C)c1N. The van der Waals surface area contributed by atoms with Crippen LogP contribution in [0.1, 0.15) is 11.1 Å². The predicted molar refractivity (Wildman–Crippen MR) is 70.4 cm³/mol. The lowest BCUT2D eigenvalue weighted by atomic mass is 10.0. The Morgan fingerprint density at radius 1 is 1.41 bits per heavy atom. The van der Waals surface area contributed by atoms with Crippen LogP contribution in [0, 0.1) is 26.2 Å². The van der Waals surface area contributed by atoms with Gasteiger partial charge in [-0.1, -0.05) is 24.1 Å². The van der Waals surface area contributed by atoms with E-state index in [9.17, 15) is 0 Å². The molecule has 0 spiro atoms. The second kappa shape index (κ2) is 4.34. The van der Waals surface area contributed by atoms with E-state index in [4.69, 9.17) is 12.2 Å². The van der Waals surface area contributed by atoms with Crippen LogP contribution in [-0.4, -0.2) is 9.55 Å². The van der Waals surface area contributed by atoms with Crippen LogP contribution in [0.2, 0.25) is 0 Å². The molecule has 0 fully saturated rings. The number of hydrogen-bond donors (Lipinski definition) is 1. The van der Waals surface area contributed by atoms with Crippen molar-refractivity contribution < 1.29 is 0 Å². The van der Waals surface area contributed by atoms with Crippen molar-refractivity contribution in [3.63, 3.8) is 0 Å². The molecule has 3 heteroatoms. The number of rotatable bonds is 2. The second-order valence-corrected chi connectivity index (χ2v) is 4.06. The monoisotopic (exact) mass is 225 g/mol. The first kappa shape index (κ1) is 11.3. The fourth-order valence-corrected chi connectivity index (χ4v) is 1.83. The third-order valence-corrected chi connectivity index (χ3v) is 3.00. The van der Waals surface area contributed by atoms with E-state index in [1.54, 1.807) is 10.9 Å². The largest absolute Gasteiger partial charge is 0.383 e. The van der Waals surface area contributed by atoms with E-state index in [1.165, 1.54) is 11.1 Å². The highest BCUT2D eigenvalue weighted by atomic mass is 15.1. The number of nitrogens with two attached hydrogens (primary N) is 1. The highest BCUT2D eigenvalue weighted by molar-refractivity contribution is 5.74. The van der Waals surface area contributed by atoms with Crippen molar-refractivity contribution in [1.29, 1.82) is 0 Å². The number of anilines is 1. The Hall–Kier alpha value is -2.21. The molecule has 0 aliphatic heterocycles. The van der Waals surface area contributed by atoms with E-state index in [0.717, 1.165) is 11.3 Å². The lowest BCUT2D eigenvalue weighted by Crippen LogP contribution is -2.01. The van der Waals surface area contributed by atoms with Crippen molar-refractivity contribution in [3.05, 3.63) is 35.7 Å².